The van der Waals surface area contributed by atoms with Crippen LogP contribution in [0.3, 0.4) is 0 Å². The number of carbonyl (C=O) groups is 3. The van der Waals surface area contributed by atoms with Gasteiger partial charge < -0.3 is 20.7 Å². The van der Waals surface area contributed by atoms with Crippen molar-refractivity contribution < 1.29 is 29.3 Å². The summed E-state index contributed by atoms with van der Waals surface area (Å²) in [4.78, 5) is 35.8. The van der Waals surface area contributed by atoms with E-state index in [1.807, 2.05) is 0 Å². The van der Waals surface area contributed by atoms with Crippen LogP contribution in [0, 0.1) is 5.92 Å². The van der Waals surface area contributed by atoms with Crippen LogP contribution in [0.25, 0.3) is 0 Å². The Morgan fingerprint density at radius 3 is 1.88 bits per heavy atom. The molecule has 1 unspecified atom stereocenters. The lowest BCUT2D eigenvalue weighted by molar-refractivity contribution is -0.170. The Hall–Kier alpha value is -3.19. The van der Waals surface area contributed by atoms with Gasteiger partial charge in [-0.3, -0.25) is 4.79 Å². The second-order valence-corrected chi connectivity index (χ2v) is 5.82. The Kier molecular flexibility index (Phi) is 6.08. The summed E-state index contributed by atoms with van der Waals surface area (Å²) in [6.07, 6.45) is -0.223. The van der Waals surface area contributed by atoms with Crippen LogP contribution in [0.1, 0.15) is 11.1 Å². The molecule has 7 heteroatoms. The van der Waals surface area contributed by atoms with E-state index in [1.165, 1.54) is 0 Å². The highest BCUT2D eigenvalue weighted by atomic mass is 16.5. The van der Waals surface area contributed by atoms with Gasteiger partial charge in [-0.05, 0) is 17.5 Å². The fourth-order valence-electron chi connectivity index (χ4n) is 2.51. The van der Waals surface area contributed by atoms with Crippen molar-refractivity contribution in [3.63, 3.8) is 0 Å². The first-order valence-electron chi connectivity index (χ1n) is 7.86. The van der Waals surface area contributed by atoms with Gasteiger partial charge in [-0.2, -0.15) is 0 Å². The fourth-order valence-corrected chi connectivity index (χ4v) is 2.51. The average molecular weight is 357 g/mol. The number of carbonyl (C=O) groups excluding carboxylic acids is 1. The molecule has 0 aliphatic carbocycles. The molecule has 2 aromatic rings. The highest BCUT2D eigenvalue weighted by Gasteiger charge is 2.54. The first kappa shape index (κ1) is 19.1. The van der Waals surface area contributed by atoms with Crippen molar-refractivity contribution >= 4 is 17.9 Å². The summed E-state index contributed by atoms with van der Waals surface area (Å²) in [6.45, 7) is -0.205. The maximum atomic E-state index is 12.4. The van der Waals surface area contributed by atoms with Crippen molar-refractivity contribution in [2.45, 2.75) is 18.6 Å². The standard InChI is InChI=1S/C19H19NO6/c20-19(17(23)24,18(25)26-12-14-9-5-2-6-10-14)15(16(21)22)11-13-7-3-1-4-8-13/h1-10,15H,11-12,20H2,(H,21,22)(H,23,24)/t15?,19-/m0/s1. The minimum absolute atomic E-state index is 0.205. The van der Waals surface area contributed by atoms with Crippen LogP contribution in [0.5, 0.6) is 0 Å². The predicted molar refractivity (Wildman–Crippen MR) is 92.1 cm³/mol. The summed E-state index contributed by atoms with van der Waals surface area (Å²) >= 11 is 0. The van der Waals surface area contributed by atoms with Crippen LogP contribution in [-0.2, 0) is 32.1 Å². The Labute approximate surface area is 150 Å². The first-order chi connectivity index (χ1) is 12.4. The minimum atomic E-state index is -2.71. The molecule has 4 N–H and O–H groups in total. The quantitative estimate of drug-likeness (QED) is 0.482. The second kappa shape index (κ2) is 8.26. The number of esters is 1. The molecule has 0 saturated heterocycles. The molecule has 0 aromatic heterocycles. The van der Waals surface area contributed by atoms with Gasteiger partial charge in [0.15, 0.2) is 0 Å². The molecule has 0 amide bonds. The van der Waals surface area contributed by atoms with Gasteiger partial charge in [0, 0.05) is 0 Å². The van der Waals surface area contributed by atoms with Gasteiger partial charge in [0.1, 0.15) is 12.5 Å². The summed E-state index contributed by atoms with van der Waals surface area (Å²) in [5.74, 6) is -6.22. The molecule has 0 heterocycles. The van der Waals surface area contributed by atoms with Gasteiger partial charge in [-0.25, -0.2) is 9.59 Å². The Morgan fingerprint density at radius 1 is 0.923 bits per heavy atom. The molecule has 0 spiro atoms. The minimum Gasteiger partial charge on any atom is -0.481 e. The van der Waals surface area contributed by atoms with Crippen LogP contribution in [-0.4, -0.2) is 33.7 Å². The molecule has 7 nitrogen and oxygen atoms in total. The predicted octanol–water partition coefficient (Wildman–Crippen LogP) is 1.46. The van der Waals surface area contributed by atoms with E-state index in [0.717, 1.165) is 0 Å². The highest BCUT2D eigenvalue weighted by molar-refractivity contribution is 6.07. The monoisotopic (exact) mass is 357 g/mol. The van der Waals surface area contributed by atoms with E-state index in [9.17, 15) is 24.6 Å². The third-order valence-electron chi connectivity index (χ3n) is 4.03. The number of rotatable bonds is 8. The molecule has 0 aliphatic heterocycles. The number of ether oxygens (including phenoxy) is 1. The van der Waals surface area contributed by atoms with Crippen molar-refractivity contribution in [3.05, 3.63) is 71.8 Å². The lowest BCUT2D eigenvalue weighted by Crippen LogP contribution is -2.63. The maximum Gasteiger partial charge on any atom is 0.339 e. The third-order valence-corrected chi connectivity index (χ3v) is 4.03. The van der Waals surface area contributed by atoms with Crippen LogP contribution in [0.15, 0.2) is 60.7 Å². The van der Waals surface area contributed by atoms with E-state index in [0.29, 0.717) is 11.1 Å². The number of hydrogen-bond acceptors (Lipinski definition) is 5. The van der Waals surface area contributed by atoms with Crippen LogP contribution in [0.2, 0.25) is 0 Å². The molecule has 0 bridgehead atoms. The number of carboxylic acid groups (broad SMARTS) is 2. The Balaban J connectivity index is 2.25. The first-order valence-corrected chi connectivity index (χ1v) is 7.86. The van der Waals surface area contributed by atoms with E-state index in [2.05, 4.69) is 0 Å². The molecule has 2 aromatic carbocycles. The van der Waals surface area contributed by atoms with Gasteiger partial charge >= 0.3 is 17.9 Å². The van der Waals surface area contributed by atoms with Gasteiger partial charge in [0.05, 0.1) is 0 Å². The molecule has 26 heavy (non-hydrogen) atoms. The molecule has 2 atom stereocenters. The van der Waals surface area contributed by atoms with Crippen molar-refractivity contribution in [2.24, 2.45) is 11.7 Å². The molecule has 136 valence electrons. The fraction of sp³-hybridized carbons (Fsp3) is 0.211. The lowest BCUT2D eigenvalue weighted by atomic mass is 9.80. The SMILES string of the molecule is N[C@@](C(=O)O)(C(=O)OCc1ccccc1)C(Cc1ccccc1)C(=O)O. The van der Waals surface area contributed by atoms with E-state index in [4.69, 9.17) is 10.5 Å². The van der Waals surface area contributed by atoms with Crippen LogP contribution in [0.4, 0.5) is 0 Å². The number of nitrogens with two attached hydrogens (primary N) is 1. The summed E-state index contributed by atoms with van der Waals surface area (Å²) in [7, 11) is 0. The Morgan fingerprint density at radius 2 is 1.42 bits per heavy atom. The summed E-state index contributed by atoms with van der Waals surface area (Å²) in [5, 5.41) is 19.0. The normalized spacial score (nSPS) is 14.0. The van der Waals surface area contributed by atoms with Crippen molar-refractivity contribution in [3.8, 4) is 0 Å². The summed E-state index contributed by atoms with van der Waals surface area (Å²) in [5.41, 5.74) is 4.25. The van der Waals surface area contributed by atoms with E-state index >= 15 is 0 Å². The zero-order valence-electron chi connectivity index (χ0n) is 13.9. The van der Waals surface area contributed by atoms with E-state index < -0.39 is 29.4 Å². The zero-order chi connectivity index (χ0) is 19.2. The molecular formula is C19H19NO6. The smallest absolute Gasteiger partial charge is 0.339 e. The molecule has 0 fully saturated rings. The van der Waals surface area contributed by atoms with Gasteiger partial charge in [-0.1, -0.05) is 60.7 Å². The third kappa shape index (κ3) is 4.25. The van der Waals surface area contributed by atoms with Crippen molar-refractivity contribution in [1.29, 1.82) is 0 Å². The largest absolute Gasteiger partial charge is 0.481 e. The molecule has 0 radical (unpaired) electrons. The maximum absolute atomic E-state index is 12.4. The highest BCUT2D eigenvalue weighted by Crippen LogP contribution is 2.23. The molecule has 0 saturated carbocycles. The molecule has 2 rings (SSSR count). The average Bonchev–Trinajstić information content (AvgIpc) is 2.64. The van der Waals surface area contributed by atoms with E-state index in [1.54, 1.807) is 60.7 Å². The Bertz CT molecular complexity index is 777. The van der Waals surface area contributed by atoms with Gasteiger partial charge in [0.25, 0.3) is 0 Å². The van der Waals surface area contributed by atoms with Crippen molar-refractivity contribution in [2.75, 3.05) is 0 Å². The number of carboxylic acids is 2. The topological polar surface area (TPSA) is 127 Å². The van der Waals surface area contributed by atoms with Gasteiger partial charge in [0.2, 0.25) is 5.54 Å². The summed E-state index contributed by atoms with van der Waals surface area (Å²) < 4.78 is 5.02. The number of benzene rings is 2. The number of aliphatic carboxylic acids is 2. The van der Waals surface area contributed by atoms with E-state index in [-0.39, 0.29) is 13.0 Å². The molecular weight excluding hydrogens is 338 g/mol. The second-order valence-electron chi connectivity index (χ2n) is 5.82. The zero-order valence-corrected chi connectivity index (χ0v) is 13.9. The van der Waals surface area contributed by atoms with Crippen LogP contribution >= 0.6 is 0 Å². The summed E-state index contributed by atoms with van der Waals surface area (Å²) in [6, 6.07) is 17.0. The molecule has 0 aliphatic rings. The van der Waals surface area contributed by atoms with Gasteiger partial charge in [-0.15, -0.1) is 0 Å². The lowest BCUT2D eigenvalue weighted by Gasteiger charge is -2.28. The number of hydrogen-bond donors (Lipinski definition) is 3. The van der Waals surface area contributed by atoms with Crippen LogP contribution < -0.4 is 5.73 Å². The van der Waals surface area contributed by atoms with Crippen molar-refractivity contribution in [1.82, 2.24) is 0 Å².